The van der Waals surface area contributed by atoms with Crippen molar-refractivity contribution in [3.8, 4) is 34.3 Å². The summed E-state index contributed by atoms with van der Waals surface area (Å²) in [4.78, 5) is 40.2. The van der Waals surface area contributed by atoms with Gasteiger partial charge in [-0.2, -0.15) is 0 Å². The summed E-state index contributed by atoms with van der Waals surface area (Å²) in [5, 5.41) is 0. The molecule has 70 heavy (non-hydrogen) atoms. The predicted octanol–water partition coefficient (Wildman–Crippen LogP) is 12.1. The number of unbranched alkanes of at least 4 members (excludes halogenated alkanes) is 18. The van der Waals surface area contributed by atoms with Crippen LogP contribution in [0.4, 0.5) is 0 Å². The fraction of sp³-hybridized carbons (Fsp3) is 0.536. The van der Waals surface area contributed by atoms with E-state index in [1.807, 2.05) is 48.5 Å². The van der Waals surface area contributed by atoms with Gasteiger partial charge >= 0.3 is 11.9 Å². The molecule has 2 aromatic carbocycles. The highest BCUT2D eigenvalue weighted by atomic mass is 16.8. The molecule has 14 heteroatoms. The first-order valence-electron chi connectivity index (χ1n) is 25.6. The molecule has 4 aromatic rings. The Labute approximate surface area is 415 Å². The maximum Gasteiger partial charge on any atom is 0.330 e. The second kappa shape index (κ2) is 34.7. The maximum absolute atomic E-state index is 11.0. The number of carbonyl (C=O) groups is 2. The molecule has 2 atom stereocenters. The standard InChI is InChI=1S/C56H76N4O10/c1-3-51(61)65-35-23-19-15-11-7-5-9-13-17-21-33-63-49-39-57-53(58-40-49)47-29-25-45(26-30-47)43-69-55-56(68-38-37-67-55)70-44-46-27-31-48(32-28-46)54-59-41-50(42-60-54)64-34-22-18-14-10-6-8-12-16-20-24-36-66-52(62)4-2/h3-4,25-32,39-42,55-56H,1-2,5-24,33-38,43-44H2. The van der Waals surface area contributed by atoms with Crippen LogP contribution >= 0.6 is 0 Å². The van der Waals surface area contributed by atoms with Crippen LogP contribution in [0.2, 0.25) is 0 Å². The van der Waals surface area contributed by atoms with E-state index < -0.39 is 12.6 Å². The lowest BCUT2D eigenvalue weighted by molar-refractivity contribution is -0.326. The Bertz CT molecular complexity index is 1890. The van der Waals surface area contributed by atoms with Crippen LogP contribution in [0.15, 0.2) is 98.6 Å². The topological polar surface area (TPSA) is 160 Å². The van der Waals surface area contributed by atoms with Crippen molar-refractivity contribution in [2.45, 2.75) is 154 Å². The molecule has 0 bridgehead atoms. The van der Waals surface area contributed by atoms with Crippen molar-refractivity contribution in [2.24, 2.45) is 0 Å². The molecule has 14 nitrogen and oxygen atoms in total. The zero-order valence-corrected chi connectivity index (χ0v) is 41.3. The van der Waals surface area contributed by atoms with Gasteiger partial charge in [-0.25, -0.2) is 29.5 Å². The second-order valence-corrected chi connectivity index (χ2v) is 17.5. The van der Waals surface area contributed by atoms with Crippen molar-refractivity contribution in [1.82, 2.24) is 19.9 Å². The van der Waals surface area contributed by atoms with Gasteiger partial charge in [0.1, 0.15) is 0 Å². The SMILES string of the molecule is C=CC(=O)OCCCCCCCCCCCCOc1cnc(-c2ccc(COC3OCCOC3OCc3ccc(-c4ncc(OCCCCCCCCCCCCOC(=O)C=C)cn4)cc3)cc2)nc1. The van der Waals surface area contributed by atoms with E-state index in [4.69, 9.17) is 37.9 Å². The summed E-state index contributed by atoms with van der Waals surface area (Å²) < 4.78 is 45.9. The zero-order valence-electron chi connectivity index (χ0n) is 41.3. The summed E-state index contributed by atoms with van der Waals surface area (Å²) in [5.74, 6) is 1.92. The van der Waals surface area contributed by atoms with Crippen LogP contribution < -0.4 is 9.47 Å². The molecule has 0 amide bonds. The molecule has 0 saturated carbocycles. The third-order valence-electron chi connectivity index (χ3n) is 11.8. The first-order valence-corrected chi connectivity index (χ1v) is 25.6. The molecule has 0 spiro atoms. The summed E-state index contributed by atoms with van der Waals surface area (Å²) >= 11 is 0. The lowest BCUT2D eigenvalue weighted by Crippen LogP contribution is -2.41. The van der Waals surface area contributed by atoms with Crippen molar-refractivity contribution < 1.29 is 47.5 Å². The van der Waals surface area contributed by atoms with E-state index in [0.29, 0.717) is 76.0 Å². The Morgan fingerprint density at radius 3 is 1.07 bits per heavy atom. The number of carbonyl (C=O) groups excluding carboxylic acids is 2. The molecule has 1 fully saturated rings. The van der Waals surface area contributed by atoms with Gasteiger partial charge in [0, 0.05) is 23.3 Å². The van der Waals surface area contributed by atoms with Crippen LogP contribution in [0, 0.1) is 0 Å². The van der Waals surface area contributed by atoms with Gasteiger partial charge in [-0.3, -0.25) is 0 Å². The molecule has 1 aliphatic heterocycles. The Morgan fingerprint density at radius 2 is 0.757 bits per heavy atom. The number of aromatic nitrogens is 4. The molecular weight excluding hydrogens is 889 g/mol. The average molecular weight is 965 g/mol. The Hall–Kier alpha value is -5.54. The van der Waals surface area contributed by atoms with E-state index in [1.165, 1.54) is 89.2 Å². The largest absolute Gasteiger partial charge is 0.490 e. The molecular formula is C56H76N4O10. The number of ether oxygens (including phenoxy) is 8. The third kappa shape index (κ3) is 22.9. The highest BCUT2D eigenvalue weighted by Gasteiger charge is 2.29. The highest BCUT2D eigenvalue weighted by molar-refractivity contribution is 5.81. The molecule has 0 aliphatic carbocycles. The van der Waals surface area contributed by atoms with E-state index in [2.05, 4.69) is 33.1 Å². The second-order valence-electron chi connectivity index (χ2n) is 17.5. The minimum Gasteiger partial charge on any atom is -0.490 e. The summed E-state index contributed by atoms with van der Waals surface area (Å²) in [5.41, 5.74) is 3.75. The molecule has 0 radical (unpaired) electrons. The Kier molecular flexibility index (Phi) is 27.5. The van der Waals surface area contributed by atoms with Gasteiger partial charge < -0.3 is 37.9 Å². The van der Waals surface area contributed by atoms with Crippen LogP contribution in [-0.4, -0.2) is 84.1 Å². The maximum atomic E-state index is 11.0. The van der Waals surface area contributed by atoms with Crippen molar-refractivity contribution in [3.05, 3.63) is 110 Å². The molecule has 5 rings (SSSR count). The highest BCUT2D eigenvalue weighted by Crippen LogP contribution is 2.23. The van der Waals surface area contributed by atoms with Gasteiger partial charge in [-0.05, 0) is 36.8 Å². The zero-order chi connectivity index (χ0) is 49.1. The number of hydrogen-bond donors (Lipinski definition) is 0. The molecule has 1 aliphatic rings. The number of esters is 2. The van der Waals surface area contributed by atoms with Gasteiger partial charge in [0.15, 0.2) is 23.1 Å². The lowest BCUT2D eigenvalue weighted by atomic mass is 10.1. The van der Waals surface area contributed by atoms with Crippen LogP contribution in [0.25, 0.3) is 22.8 Å². The van der Waals surface area contributed by atoms with Gasteiger partial charge in [0.05, 0.1) is 77.6 Å². The number of hydrogen-bond acceptors (Lipinski definition) is 14. The van der Waals surface area contributed by atoms with Crippen LogP contribution in [-0.2, 0) is 51.2 Å². The molecule has 2 unspecified atom stereocenters. The van der Waals surface area contributed by atoms with E-state index in [1.54, 1.807) is 24.8 Å². The lowest BCUT2D eigenvalue weighted by Gasteiger charge is -2.31. The first-order chi connectivity index (χ1) is 34.5. The third-order valence-corrected chi connectivity index (χ3v) is 11.8. The normalized spacial score (nSPS) is 14.5. The van der Waals surface area contributed by atoms with E-state index in [9.17, 15) is 9.59 Å². The minimum atomic E-state index is -0.672. The first kappa shape index (κ1) is 55.4. The molecule has 380 valence electrons. The van der Waals surface area contributed by atoms with Crippen molar-refractivity contribution >= 4 is 11.9 Å². The van der Waals surface area contributed by atoms with Crippen molar-refractivity contribution in [3.63, 3.8) is 0 Å². The Balaban J connectivity index is 0.889. The van der Waals surface area contributed by atoms with Gasteiger partial charge in [-0.15, -0.1) is 0 Å². The predicted molar refractivity (Wildman–Crippen MR) is 270 cm³/mol. The molecule has 0 N–H and O–H groups in total. The van der Waals surface area contributed by atoms with Crippen LogP contribution in [0.3, 0.4) is 0 Å². The van der Waals surface area contributed by atoms with Crippen molar-refractivity contribution in [1.29, 1.82) is 0 Å². The monoisotopic (exact) mass is 965 g/mol. The smallest absolute Gasteiger partial charge is 0.330 e. The quantitative estimate of drug-likeness (QED) is 0.0237. The van der Waals surface area contributed by atoms with Gasteiger partial charge in [0.25, 0.3) is 0 Å². The Morgan fingerprint density at radius 1 is 0.457 bits per heavy atom. The van der Waals surface area contributed by atoms with Crippen LogP contribution in [0.1, 0.15) is 140 Å². The minimum absolute atomic E-state index is 0.321. The summed E-state index contributed by atoms with van der Waals surface area (Å²) in [6.45, 7) is 10.6. The summed E-state index contributed by atoms with van der Waals surface area (Å²) in [6.07, 6.45) is 31.1. The molecule has 3 heterocycles. The molecule has 1 saturated heterocycles. The van der Waals surface area contributed by atoms with Gasteiger partial charge in [0.2, 0.25) is 12.6 Å². The van der Waals surface area contributed by atoms with E-state index in [-0.39, 0.29) is 11.9 Å². The fourth-order valence-corrected chi connectivity index (χ4v) is 7.76. The number of nitrogens with zero attached hydrogens (tertiary/aromatic N) is 4. The average Bonchev–Trinajstić information content (AvgIpc) is 3.40. The van der Waals surface area contributed by atoms with Gasteiger partial charge in [-0.1, -0.05) is 164 Å². The number of benzene rings is 2. The van der Waals surface area contributed by atoms with E-state index in [0.717, 1.165) is 73.6 Å². The summed E-state index contributed by atoms with van der Waals surface area (Å²) in [6, 6.07) is 15.9. The molecule has 2 aromatic heterocycles. The summed E-state index contributed by atoms with van der Waals surface area (Å²) in [7, 11) is 0. The van der Waals surface area contributed by atoms with Crippen LogP contribution in [0.5, 0.6) is 11.5 Å². The number of rotatable bonds is 38. The van der Waals surface area contributed by atoms with Crippen molar-refractivity contribution in [2.75, 3.05) is 39.6 Å². The fourth-order valence-electron chi connectivity index (χ4n) is 7.76. The van der Waals surface area contributed by atoms with E-state index >= 15 is 0 Å².